The molecule has 1 unspecified atom stereocenters. The molecule has 0 bridgehead atoms. The van der Waals surface area contributed by atoms with Crippen LogP contribution in [0.2, 0.25) is 0 Å². The number of fused-ring (bicyclic) bond motifs is 1. The lowest BCUT2D eigenvalue weighted by Crippen LogP contribution is -2.25. The van der Waals surface area contributed by atoms with Gasteiger partial charge in [0.1, 0.15) is 16.4 Å². The largest absolute Gasteiger partial charge is 0.390 e. The van der Waals surface area contributed by atoms with Gasteiger partial charge in [-0.25, -0.2) is 0 Å². The number of nitrogens with two attached hydrogens (primary N) is 1. The Hall–Kier alpha value is -1.36. The summed E-state index contributed by atoms with van der Waals surface area (Å²) in [5.41, 5.74) is 4.89. The number of H-pyrrole nitrogens is 1. The van der Waals surface area contributed by atoms with E-state index < -0.39 is 23.3 Å². The number of nitrogens with zero attached hydrogens (tertiary/aromatic N) is 2. The molecule has 8 nitrogen and oxygen atoms in total. The van der Waals surface area contributed by atoms with Gasteiger partial charge >= 0.3 is 4.87 Å². The number of aromatic nitrogens is 3. The third kappa shape index (κ3) is 2.14. The predicted octanol–water partition coefficient (Wildman–Crippen LogP) is -0.303. The monoisotopic (exact) mass is 316 g/mol. The second-order valence-electron chi connectivity index (χ2n) is 4.37. The third-order valence-corrected chi connectivity index (χ3v) is 5.12. The number of thioether (sulfide) groups is 1. The van der Waals surface area contributed by atoms with Crippen molar-refractivity contribution in [3.05, 3.63) is 20.0 Å². The smallest absolute Gasteiger partial charge is 0.311 e. The highest BCUT2D eigenvalue weighted by molar-refractivity contribution is 8.00. The lowest BCUT2D eigenvalue weighted by molar-refractivity contribution is -0.0313. The number of nitrogen functional groups attached to an aromatic ring is 1. The molecule has 0 amide bonds. The quantitative estimate of drug-likeness (QED) is 0.695. The number of aliphatic hydroxyl groups excluding tert-OH is 1. The van der Waals surface area contributed by atoms with Crippen molar-refractivity contribution in [2.24, 2.45) is 0 Å². The van der Waals surface area contributed by atoms with E-state index in [-0.39, 0.29) is 21.2 Å². The van der Waals surface area contributed by atoms with Crippen molar-refractivity contribution >= 4 is 39.4 Å². The number of thiazole rings is 1. The molecule has 3 rings (SSSR count). The van der Waals surface area contributed by atoms with Crippen LogP contribution in [0.15, 0.2) is 9.59 Å². The number of aromatic amines is 1. The Kier molecular flexibility index (Phi) is 3.32. The molecule has 1 aliphatic heterocycles. The van der Waals surface area contributed by atoms with E-state index in [1.807, 2.05) is 0 Å². The second kappa shape index (κ2) is 4.88. The zero-order valence-corrected chi connectivity index (χ0v) is 12.0. The first kappa shape index (κ1) is 13.6. The number of hydrogen-bond donors (Lipinski definition) is 3. The Morgan fingerprint density at radius 3 is 3.00 bits per heavy atom. The minimum Gasteiger partial charge on any atom is -0.390 e. The molecule has 1 saturated heterocycles. The number of hydrogen-bond acceptors (Lipinski definition) is 8. The average Bonchev–Trinajstić information content (AvgIpc) is 2.93. The van der Waals surface area contributed by atoms with E-state index in [1.165, 1.54) is 16.3 Å². The summed E-state index contributed by atoms with van der Waals surface area (Å²) in [6, 6.07) is 0. The van der Waals surface area contributed by atoms with Gasteiger partial charge in [-0.15, -0.1) is 11.8 Å². The van der Waals surface area contributed by atoms with E-state index in [4.69, 9.17) is 10.5 Å². The second-order valence-corrected chi connectivity index (χ2v) is 6.47. The molecule has 108 valence electrons. The number of anilines is 1. The Bertz CT molecular complexity index is 765. The first-order valence-electron chi connectivity index (χ1n) is 5.83. The molecule has 0 aliphatic carbocycles. The van der Waals surface area contributed by atoms with E-state index in [1.54, 1.807) is 6.92 Å². The molecular weight excluding hydrogens is 304 g/mol. The molecule has 3 atom stereocenters. The first-order chi connectivity index (χ1) is 9.47. The Morgan fingerprint density at radius 2 is 2.35 bits per heavy atom. The van der Waals surface area contributed by atoms with Crippen molar-refractivity contribution in [3.8, 4) is 0 Å². The van der Waals surface area contributed by atoms with E-state index in [2.05, 4.69) is 9.97 Å². The number of ether oxygens (including phenoxy) is 1. The average molecular weight is 316 g/mol. The van der Waals surface area contributed by atoms with Crippen molar-refractivity contribution in [3.63, 3.8) is 0 Å². The van der Waals surface area contributed by atoms with Crippen LogP contribution in [-0.4, -0.2) is 36.9 Å². The summed E-state index contributed by atoms with van der Waals surface area (Å²) < 4.78 is 7.17. The van der Waals surface area contributed by atoms with Gasteiger partial charge in [-0.1, -0.05) is 11.3 Å². The minimum absolute atomic E-state index is 0.0493. The summed E-state index contributed by atoms with van der Waals surface area (Å²) in [4.78, 5) is 29.8. The van der Waals surface area contributed by atoms with Crippen LogP contribution in [-0.2, 0) is 4.74 Å². The van der Waals surface area contributed by atoms with Crippen LogP contribution >= 0.6 is 23.1 Å². The van der Waals surface area contributed by atoms with Gasteiger partial charge in [0, 0.05) is 5.75 Å². The fourth-order valence-corrected chi connectivity index (χ4v) is 3.92. The van der Waals surface area contributed by atoms with Gasteiger partial charge in [0.15, 0.2) is 5.65 Å². The van der Waals surface area contributed by atoms with Crippen LogP contribution in [0.25, 0.3) is 10.3 Å². The van der Waals surface area contributed by atoms with Crippen LogP contribution in [0.3, 0.4) is 0 Å². The normalized spacial score (nSPS) is 24.3. The topological polar surface area (TPSA) is 123 Å². The first-order valence-corrected chi connectivity index (χ1v) is 7.70. The summed E-state index contributed by atoms with van der Waals surface area (Å²) >= 11 is 2.21. The standard InChI is InChI=1S/C10H12N4O4S2/c1-3(15)8-18-4(2-19-8)14-6-5(20-10(14)17)7(16)13-9(11)12-6/h3-4,8,15H,2H2,1H3,(H3,11,12,13,16)/t3?,4-,8+/m1/s1. The summed E-state index contributed by atoms with van der Waals surface area (Å²) in [7, 11) is 0. The fraction of sp³-hybridized carbons (Fsp3) is 0.500. The van der Waals surface area contributed by atoms with Crippen molar-refractivity contribution in [2.75, 3.05) is 11.5 Å². The zero-order valence-electron chi connectivity index (χ0n) is 10.4. The molecule has 2 aromatic heterocycles. The molecular formula is C10H12N4O4S2. The fourth-order valence-electron chi connectivity index (χ4n) is 2.00. The summed E-state index contributed by atoms with van der Waals surface area (Å²) in [6.45, 7) is 1.62. The number of aliphatic hydroxyl groups is 1. The molecule has 0 saturated carbocycles. The Morgan fingerprint density at radius 1 is 1.60 bits per heavy atom. The Labute approximate surface area is 120 Å². The van der Waals surface area contributed by atoms with Crippen LogP contribution in [0.1, 0.15) is 13.2 Å². The highest BCUT2D eigenvalue weighted by atomic mass is 32.2. The number of rotatable bonds is 2. The lowest BCUT2D eigenvalue weighted by atomic mass is 10.4. The summed E-state index contributed by atoms with van der Waals surface area (Å²) in [5, 5.41) is 9.52. The van der Waals surface area contributed by atoms with Crippen LogP contribution in [0.5, 0.6) is 0 Å². The van der Waals surface area contributed by atoms with Gasteiger partial charge in [-0.2, -0.15) is 4.98 Å². The molecule has 0 aromatic carbocycles. The van der Waals surface area contributed by atoms with Crippen LogP contribution in [0.4, 0.5) is 5.95 Å². The van der Waals surface area contributed by atoms with Gasteiger partial charge in [0.05, 0.1) is 6.10 Å². The zero-order chi connectivity index (χ0) is 14.4. The van der Waals surface area contributed by atoms with Crippen molar-refractivity contribution in [2.45, 2.75) is 24.7 Å². The molecule has 10 heteroatoms. The Balaban J connectivity index is 2.11. The van der Waals surface area contributed by atoms with Gasteiger partial charge in [0.25, 0.3) is 5.56 Å². The molecule has 4 N–H and O–H groups in total. The highest BCUT2D eigenvalue weighted by Gasteiger charge is 2.33. The SMILES string of the molecule is CC(O)[C@H]1O[C@@H](n2c(=O)sc3c(=O)[nH]c(N)nc32)CS1. The molecule has 2 aromatic rings. The lowest BCUT2D eigenvalue weighted by Gasteiger charge is -2.15. The van der Waals surface area contributed by atoms with Crippen molar-refractivity contribution in [1.29, 1.82) is 0 Å². The molecule has 1 aliphatic rings. The molecule has 0 spiro atoms. The van der Waals surface area contributed by atoms with Crippen molar-refractivity contribution < 1.29 is 9.84 Å². The van der Waals surface area contributed by atoms with Gasteiger partial charge < -0.3 is 15.6 Å². The maximum atomic E-state index is 12.1. The molecule has 3 heterocycles. The highest BCUT2D eigenvalue weighted by Crippen LogP contribution is 2.34. The van der Waals surface area contributed by atoms with Crippen LogP contribution in [0, 0.1) is 0 Å². The molecule has 0 radical (unpaired) electrons. The maximum Gasteiger partial charge on any atom is 0.311 e. The van der Waals surface area contributed by atoms with E-state index >= 15 is 0 Å². The van der Waals surface area contributed by atoms with Gasteiger partial charge in [0.2, 0.25) is 5.95 Å². The maximum absolute atomic E-state index is 12.1. The van der Waals surface area contributed by atoms with Crippen LogP contribution < -0.4 is 16.2 Å². The van der Waals surface area contributed by atoms with Crippen molar-refractivity contribution in [1.82, 2.24) is 14.5 Å². The molecule has 20 heavy (non-hydrogen) atoms. The minimum atomic E-state index is -0.646. The molecule has 1 fully saturated rings. The van der Waals surface area contributed by atoms with E-state index in [0.29, 0.717) is 5.75 Å². The van der Waals surface area contributed by atoms with Gasteiger partial charge in [-0.3, -0.25) is 19.1 Å². The third-order valence-electron chi connectivity index (χ3n) is 2.87. The summed E-state index contributed by atoms with van der Waals surface area (Å²) in [6.07, 6.45) is -1.21. The van der Waals surface area contributed by atoms with Gasteiger partial charge in [-0.05, 0) is 6.92 Å². The number of nitrogens with one attached hydrogen (secondary N) is 1. The van der Waals surface area contributed by atoms with E-state index in [0.717, 1.165) is 11.3 Å². The van der Waals surface area contributed by atoms with E-state index in [9.17, 15) is 14.7 Å². The predicted molar refractivity (Wildman–Crippen MR) is 77.0 cm³/mol. The summed E-state index contributed by atoms with van der Waals surface area (Å²) in [5.74, 6) is 0.446.